The molecule has 0 aliphatic carbocycles. The molecule has 182 valence electrons. The second-order valence-corrected chi connectivity index (χ2v) is 10.6. The second kappa shape index (κ2) is 7.66. The molecule has 2 aromatic carbocycles. The van der Waals surface area contributed by atoms with Crippen LogP contribution in [0.4, 0.5) is 0 Å². The van der Waals surface area contributed by atoms with Crippen LogP contribution in [-0.2, 0) is 28.6 Å². The van der Waals surface area contributed by atoms with Crippen LogP contribution in [0.1, 0.15) is 63.3 Å². The van der Waals surface area contributed by atoms with Gasteiger partial charge in [-0.25, -0.2) is 4.79 Å². The molecule has 0 aromatic heterocycles. The monoisotopic (exact) mass is 476 g/mol. The molecule has 0 saturated carbocycles. The molecule has 3 aliphatic heterocycles. The van der Waals surface area contributed by atoms with E-state index in [2.05, 4.69) is 5.10 Å². The van der Waals surface area contributed by atoms with Crippen molar-refractivity contribution in [1.82, 2.24) is 5.01 Å². The molecule has 2 aromatic rings. The van der Waals surface area contributed by atoms with Crippen LogP contribution in [0.3, 0.4) is 0 Å². The Morgan fingerprint density at radius 1 is 0.971 bits per heavy atom. The van der Waals surface area contributed by atoms with Crippen LogP contribution in [0.5, 0.6) is 0 Å². The fraction of sp³-hybridized carbons (Fsp3) is 0.407. The van der Waals surface area contributed by atoms with Crippen LogP contribution in [-0.4, -0.2) is 46.6 Å². The van der Waals surface area contributed by atoms with E-state index >= 15 is 0 Å². The zero-order chi connectivity index (χ0) is 25.2. The molecule has 3 heterocycles. The maximum Gasteiger partial charge on any atom is 0.331 e. The fourth-order valence-corrected chi connectivity index (χ4v) is 5.38. The summed E-state index contributed by atoms with van der Waals surface area (Å²) in [4.78, 5) is 41.7. The number of ether oxygens (including phenoxy) is 3. The highest BCUT2D eigenvalue weighted by Crippen LogP contribution is 2.62. The lowest BCUT2D eigenvalue weighted by atomic mass is 9.65. The van der Waals surface area contributed by atoms with Crippen molar-refractivity contribution in [2.24, 2.45) is 10.5 Å². The summed E-state index contributed by atoms with van der Waals surface area (Å²) >= 11 is 0. The van der Waals surface area contributed by atoms with E-state index in [0.717, 1.165) is 5.56 Å². The molecule has 8 heteroatoms. The number of fused-ring (bicyclic) bond motifs is 4. The fourth-order valence-electron chi connectivity index (χ4n) is 5.38. The SMILES string of the molecule is CC(C)(C)OC(=O)[C@@H]1[C@@H](c2ccccc2)C2(C(=O)OC(C)(C)OC2=O)C2c3ccccc3C=NN21. The maximum atomic E-state index is 14.0. The Hall–Kier alpha value is -3.68. The third kappa shape index (κ3) is 3.50. The molecule has 2 fully saturated rings. The molecule has 1 spiro atoms. The third-order valence-electron chi connectivity index (χ3n) is 6.57. The molecule has 3 atom stereocenters. The lowest BCUT2D eigenvalue weighted by Crippen LogP contribution is -2.58. The van der Waals surface area contributed by atoms with E-state index in [-0.39, 0.29) is 0 Å². The van der Waals surface area contributed by atoms with Gasteiger partial charge in [-0.3, -0.25) is 14.6 Å². The number of carbonyl (C=O) groups excluding carboxylic acids is 3. The number of carbonyl (C=O) groups is 3. The van der Waals surface area contributed by atoms with E-state index in [1.165, 1.54) is 18.9 Å². The van der Waals surface area contributed by atoms with Gasteiger partial charge in [0, 0.05) is 19.8 Å². The van der Waals surface area contributed by atoms with Gasteiger partial charge >= 0.3 is 17.9 Å². The molecule has 0 radical (unpaired) electrons. The largest absolute Gasteiger partial charge is 0.458 e. The predicted octanol–water partition coefficient (Wildman–Crippen LogP) is 3.71. The number of hydrazone groups is 1. The predicted molar refractivity (Wildman–Crippen MR) is 126 cm³/mol. The third-order valence-corrected chi connectivity index (χ3v) is 6.57. The molecule has 35 heavy (non-hydrogen) atoms. The van der Waals surface area contributed by atoms with Gasteiger partial charge in [-0.15, -0.1) is 0 Å². The van der Waals surface area contributed by atoms with Crippen LogP contribution in [0.2, 0.25) is 0 Å². The zero-order valence-electron chi connectivity index (χ0n) is 20.3. The highest BCUT2D eigenvalue weighted by Gasteiger charge is 2.75. The van der Waals surface area contributed by atoms with Gasteiger partial charge in [0.15, 0.2) is 6.04 Å². The molecule has 1 unspecified atom stereocenters. The molecular formula is C27H28N2O6. The van der Waals surface area contributed by atoms with Crippen LogP contribution in [0.25, 0.3) is 0 Å². The van der Waals surface area contributed by atoms with Gasteiger partial charge in [-0.2, -0.15) is 5.10 Å². The average Bonchev–Trinajstić information content (AvgIpc) is 3.09. The van der Waals surface area contributed by atoms with E-state index in [9.17, 15) is 14.4 Å². The Kier molecular flexibility index (Phi) is 5.05. The first-order valence-corrected chi connectivity index (χ1v) is 11.6. The van der Waals surface area contributed by atoms with E-state index in [1.807, 2.05) is 30.3 Å². The van der Waals surface area contributed by atoms with Crippen molar-refractivity contribution in [2.45, 2.75) is 64.0 Å². The summed E-state index contributed by atoms with van der Waals surface area (Å²) < 4.78 is 17.2. The summed E-state index contributed by atoms with van der Waals surface area (Å²) in [6.07, 6.45) is 1.63. The first-order valence-electron chi connectivity index (χ1n) is 11.6. The summed E-state index contributed by atoms with van der Waals surface area (Å²) in [5.74, 6) is -4.49. The van der Waals surface area contributed by atoms with Gasteiger partial charge in [0.05, 0.1) is 6.21 Å². The minimum Gasteiger partial charge on any atom is -0.458 e. The highest BCUT2D eigenvalue weighted by molar-refractivity contribution is 6.06. The standard InChI is InChI=1S/C27H28N2O6/c1-25(2,3)33-22(30)20-19(16-11-7-6-8-12-16)27(23(31)34-26(4,5)35-24(27)32)21-18-14-10-9-13-17(18)15-28-29(20)21/h6-15,19-21H,1-5H3/t19-,20+,21?/m1/s1. The summed E-state index contributed by atoms with van der Waals surface area (Å²) in [6.45, 7) is 8.33. The molecule has 8 nitrogen and oxygen atoms in total. The van der Waals surface area contributed by atoms with Crippen LogP contribution >= 0.6 is 0 Å². The molecule has 5 rings (SSSR count). The van der Waals surface area contributed by atoms with Crippen LogP contribution < -0.4 is 0 Å². The van der Waals surface area contributed by atoms with Crippen molar-refractivity contribution in [1.29, 1.82) is 0 Å². The molecule has 2 saturated heterocycles. The van der Waals surface area contributed by atoms with Crippen LogP contribution in [0, 0.1) is 5.41 Å². The topological polar surface area (TPSA) is 94.5 Å². The minimum atomic E-state index is -1.88. The number of esters is 3. The van der Waals surface area contributed by atoms with Crippen molar-refractivity contribution in [3.63, 3.8) is 0 Å². The number of nitrogens with zero attached hydrogens (tertiary/aromatic N) is 2. The Labute approximate surface area is 203 Å². The van der Waals surface area contributed by atoms with Gasteiger partial charge in [0.2, 0.25) is 5.41 Å². The van der Waals surface area contributed by atoms with Crippen molar-refractivity contribution < 1.29 is 28.6 Å². The number of cyclic esters (lactones) is 2. The maximum absolute atomic E-state index is 14.0. The summed E-state index contributed by atoms with van der Waals surface area (Å²) in [6, 6.07) is 14.4. The van der Waals surface area contributed by atoms with Gasteiger partial charge in [0.25, 0.3) is 5.79 Å². The smallest absolute Gasteiger partial charge is 0.331 e. The van der Waals surface area contributed by atoms with E-state index in [0.29, 0.717) is 11.1 Å². The zero-order valence-corrected chi connectivity index (χ0v) is 20.3. The minimum absolute atomic E-state index is 0.588. The van der Waals surface area contributed by atoms with Crippen molar-refractivity contribution >= 4 is 24.1 Å². The Bertz CT molecular complexity index is 1210. The summed E-state index contributed by atoms with van der Waals surface area (Å²) in [5, 5.41) is 6.11. The highest BCUT2D eigenvalue weighted by atomic mass is 16.7. The molecular weight excluding hydrogens is 448 g/mol. The average molecular weight is 477 g/mol. The normalized spacial score (nSPS) is 26.0. The first kappa shape index (κ1) is 23.1. The van der Waals surface area contributed by atoms with E-state index < -0.39 is 52.7 Å². The first-order chi connectivity index (χ1) is 16.5. The lowest BCUT2D eigenvalue weighted by molar-refractivity contribution is -0.254. The lowest BCUT2D eigenvalue weighted by Gasteiger charge is -2.44. The molecule has 3 aliphatic rings. The second-order valence-electron chi connectivity index (χ2n) is 10.6. The van der Waals surface area contributed by atoms with Crippen molar-refractivity contribution in [2.75, 3.05) is 0 Å². The Balaban J connectivity index is 1.80. The van der Waals surface area contributed by atoms with E-state index in [1.54, 1.807) is 51.3 Å². The van der Waals surface area contributed by atoms with Gasteiger partial charge in [-0.05, 0) is 37.5 Å². The van der Waals surface area contributed by atoms with Crippen LogP contribution in [0.15, 0.2) is 59.7 Å². The van der Waals surface area contributed by atoms with Crippen molar-refractivity contribution in [3.05, 3.63) is 71.3 Å². The quantitative estimate of drug-likeness (QED) is 0.482. The number of rotatable bonds is 2. The molecule has 0 bridgehead atoms. The Morgan fingerprint density at radius 2 is 1.57 bits per heavy atom. The Morgan fingerprint density at radius 3 is 2.20 bits per heavy atom. The molecule has 0 N–H and O–H groups in total. The number of hydrogen-bond acceptors (Lipinski definition) is 8. The van der Waals surface area contributed by atoms with E-state index in [4.69, 9.17) is 14.2 Å². The van der Waals surface area contributed by atoms with Gasteiger partial charge in [-0.1, -0.05) is 54.6 Å². The van der Waals surface area contributed by atoms with Gasteiger partial charge in [0.1, 0.15) is 11.6 Å². The van der Waals surface area contributed by atoms with Gasteiger partial charge < -0.3 is 14.2 Å². The number of hydrogen-bond donors (Lipinski definition) is 0. The van der Waals surface area contributed by atoms with Crippen molar-refractivity contribution in [3.8, 4) is 0 Å². The summed E-state index contributed by atoms with van der Waals surface area (Å²) in [7, 11) is 0. The number of benzene rings is 2. The summed E-state index contributed by atoms with van der Waals surface area (Å²) in [5.41, 5.74) is -0.639. The molecule has 0 amide bonds.